The number of anilines is 1. The summed E-state index contributed by atoms with van der Waals surface area (Å²) in [5, 5.41) is 4.00. The molecule has 1 aromatic heterocycles. The van der Waals surface area contributed by atoms with Crippen LogP contribution in [0.1, 0.15) is 45.1 Å². The highest BCUT2D eigenvalue weighted by atomic mass is 79.9. The fourth-order valence-corrected chi connectivity index (χ4v) is 2.49. The quantitative estimate of drug-likeness (QED) is 0.803. The highest BCUT2D eigenvalue weighted by Crippen LogP contribution is 2.25. The molecule has 1 N–H and O–H groups in total. The highest BCUT2D eigenvalue weighted by Gasteiger charge is 2.10. The van der Waals surface area contributed by atoms with Crippen molar-refractivity contribution >= 4 is 33.5 Å². The zero-order valence-corrected chi connectivity index (χ0v) is 14.0. The van der Waals surface area contributed by atoms with E-state index in [-0.39, 0.29) is 0 Å². The minimum Gasteiger partial charge on any atom is -0.369 e. The molecular formula is C13H22BrN3S. The van der Waals surface area contributed by atoms with Crippen LogP contribution >= 0.6 is 27.7 Å². The van der Waals surface area contributed by atoms with Crippen molar-refractivity contribution in [3.63, 3.8) is 0 Å². The average Bonchev–Trinajstić information content (AvgIpc) is 2.37. The largest absolute Gasteiger partial charge is 0.369 e. The summed E-state index contributed by atoms with van der Waals surface area (Å²) in [6.45, 7) is 9.55. The molecule has 0 aliphatic rings. The van der Waals surface area contributed by atoms with E-state index in [1.54, 1.807) is 0 Å². The van der Waals surface area contributed by atoms with E-state index in [9.17, 15) is 0 Å². The highest BCUT2D eigenvalue weighted by molar-refractivity contribution is 9.10. The van der Waals surface area contributed by atoms with Crippen LogP contribution in [-0.2, 0) is 5.75 Å². The van der Waals surface area contributed by atoms with Gasteiger partial charge in [0.1, 0.15) is 11.6 Å². The van der Waals surface area contributed by atoms with E-state index in [0.717, 1.165) is 40.5 Å². The van der Waals surface area contributed by atoms with E-state index in [0.29, 0.717) is 5.25 Å². The molecule has 1 heterocycles. The summed E-state index contributed by atoms with van der Waals surface area (Å²) in [6, 6.07) is 0. The van der Waals surface area contributed by atoms with Crippen LogP contribution in [0.3, 0.4) is 0 Å². The molecule has 0 saturated carbocycles. The number of hydrogen-bond donors (Lipinski definition) is 1. The molecule has 18 heavy (non-hydrogen) atoms. The van der Waals surface area contributed by atoms with Gasteiger partial charge >= 0.3 is 0 Å². The van der Waals surface area contributed by atoms with Gasteiger partial charge in [-0.25, -0.2) is 9.97 Å². The van der Waals surface area contributed by atoms with Crippen LogP contribution in [0, 0.1) is 6.92 Å². The lowest BCUT2D eigenvalue weighted by Crippen LogP contribution is -2.08. The van der Waals surface area contributed by atoms with Crippen molar-refractivity contribution in [2.24, 2.45) is 0 Å². The van der Waals surface area contributed by atoms with Crippen molar-refractivity contribution in [3.8, 4) is 0 Å². The third-order valence-electron chi connectivity index (χ3n) is 2.68. The van der Waals surface area contributed by atoms with Crippen LogP contribution in [0.5, 0.6) is 0 Å². The van der Waals surface area contributed by atoms with Gasteiger partial charge in [0.2, 0.25) is 0 Å². The number of thioether (sulfide) groups is 1. The lowest BCUT2D eigenvalue weighted by Gasteiger charge is -2.12. The number of hydrogen-bond acceptors (Lipinski definition) is 4. The number of nitrogens with one attached hydrogen (secondary N) is 1. The van der Waals surface area contributed by atoms with E-state index in [1.807, 2.05) is 18.7 Å². The maximum absolute atomic E-state index is 4.59. The maximum Gasteiger partial charge on any atom is 0.144 e. The minimum atomic E-state index is 0.657. The Balaban J connectivity index is 2.76. The molecule has 5 heteroatoms. The SMILES string of the molecule is CCCNc1nc(CSC(C)CC)nc(C)c1Br. The number of aromatic nitrogens is 2. The van der Waals surface area contributed by atoms with Crippen LogP contribution in [0.2, 0.25) is 0 Å². The van der Waals surface area contributed by atoms with Gasteiger partial charge in [0.15, 0.2) is 0 Å². The molecular weight excluding hydrogens is 310 g/mol. The monoisotopic (exact) mass is 331 g/mol. The molecule has 0 spiro atoms. The molecule has 0 saturated heterocycles. The van der Waals surface area contributed by atoms with E-state index >= 15 is 0 Å². The number of halogens is 1. The van der Waals surface area contributed by atoms with Crippen LogP contribution in [-0.4, -0.2) is 21.8 Å². The second kappa shape index (κ2) is 8.00. The van der Waals surface area contributed by atoms with Gasteiger partial charge in [-0.2, -0.15) is 11.8 Å². The maximum atomic E-state index is 4.59. The van der Waals surface area contributed by atoms with Gasteiger partial charge in [-0.05, 0) is 35.7 Å². The molecule has 1 unspecified atom stereocenters. The fourth-order valence-electron chi connectivity index (χ4n) is 1.38. The summed E-state index contributed by atoms with van der Waals surface area (Å²) < 4.78 is 0.980. The van der Waals surface area contributed by atoms with Gasteiger partial charge in [-0.15, -0.1) is 0 Å². The van der Waals surface area contributed by atoms with Crippen molar-refractivity contribution in [2.75, 3.05) is 11.9 Å². The Labute approximate surface area is 123 Å². The van der Waals surface area contributed by atoms with Crippen molar-refractivity contribution in [1.29, 1.82) is 0 Å². The Morgan fingerprint density at radius 1 is 1.33 bits per heavy atom. The first-order valence-corrected chi connectivity index (χ1v) is 8.31. The van der Waals surface area contributed by atoms with Crippen LogP contribution in [0.4, 0.5) is 5.82 Å². The molecule has 0 aliphatic carbocycles. The van der Waals surface area contributed by atoms with E-state index in [4.69, 9.17) is 0 Å². The van der Waals surface area contributed by atoms with Gasteiger partial charge in [0.05, 0.1) is 15.9 Å². The third-order valence-corrected chi connectivity index (χ3v) is 4.95. The molecule has 0 aliphatic heterocycles. The number of nitrogens with zero attached hydrogens (tertiary/aromatic N) is 2. The van der Waals surface area contributed by atoms with Crippen LogP contribution < -0.4 is 5.32 Å². The molecule has 102 valence electrons. The Kier molecular flexibility index (Phi) is 7.00. The van der Waals surface area contributed by atoms with Crippen molar-refractivity contribution < 1.29 is 0 Å². The van der Waals surface area contributed by atoms with Gasteiger partial charge in [0.25, 0.3) is 0 Å². The normalized spacial score (nSPS) is 12.5. The van der Waals surface area contributed by atoms with Gasteiger partial charge < -0.3 is 5.32 Å². The first-order valence-electron chi connectivity index (χ1n) is 6.46. The Morgan fingerprint density at radius 3 is 2.67 bits per heavy atom. The van der Waals surface area contributed by atoms with E-state index in [1.165, 1.54) is 6.42 Å². The topological polar surface area (TPSA) is 37.8 Å². The third kappa shape index (κ3) is 4.76. The fraction of sp³-hybridized carbons (Fsp3) is 0.692. The van der Waals surface area contributed by atoms with Crippen molar-refractivity contribution in [3.05, 3.63) is 16.0 Å². The molecule has 1 atom stereocenters. The van der Waals surface area contributed by atoms with E-state index < -0.39 is 0 Å². The lowest BCUT2D eigenvalue weighted by molar-refractivity contribution is 0.896. The lowest BCUT2D eigenvalue weighted by atomic mass is 10.4. The zero-order valence-electron chi connectivity index (χ0n) is 11.6. The summed E-state index contributed by atoms with van der Waals surface area (Å²) >= 11 is 5.45. The van der Waals surface area contributed by atoms with Gasteiger partial charge in [-0.1, -0.05) is 20.8 Å². The molecule has 0 fully saturated rings. The average molecular weight is 332 g/mol. The molecule has 0 aromatic carbocycles. The number of aryl methyl sites for hydroxylation is 1. The first kappa shape index (κ1) is 15.8. The van der Waals surface area contributed by atoms with Crippen LogP contribution in [0.15, 0.2) is 4.47 Å². The summed E-state index contributed by atoms with van der Waals surface area (Å²) in [5.74, 6) is 2.72. The molecule has 1 rings (SSSR count). The van der Waals surface area contributed by atoms with Gasteiger partial charge in [0, 0.05) is 11.8 Å². The molecule has 0 radical (unpaired) electrons. The predicted octanol–water partition coefficient (Wildman–Crippen LogP) is 4.40. The summed E-state index contributed by atoms with van der Waals surface area (Å²) in [5.41, 5.74) is 1.00. The predicted molar refractivity (Wildman–Crippen MR) is 84.3 cm³/mol. The zero-order chi connectivity index (χ0) is 13.5. The minimum absolute atomic E-state index is 0.657. The summed E-state index contributed by atoms with van der Waals surface area (Å²) in [4.78, 5) is 9.12. The number of rotatable bonds is 7. The summed E-state index contributed by atoms with van der Waals surface area (Å²) in [7, 11) is 0. The molecule has 1 aromatic rings. The second-order valence-corrected chi connectivity index (χ2v) is 6.56. The smallest absolute Gasteiger partial charge is 0.144 e. The van der Waals surface area contributed by atoms with Gasteiger partial charge in [-0.3, -0.25) is 0 Å². The Bertz CT molecular complexity index is 385. The Hall–Kier alpha value is -0.290. The van der Waals surface area contributed by atoms with Crippen LogP contribution in [0.25, 0.3) is 0 Å². The Morgan fingerprint density at radius 2 is 2.06 bits per heavy atom. The molecule has 0 amide bonds. The summed E-state index contributed by atoms with van der Waals surface area (Å²) in [6.07, 6.45) is 2.27. The first-order chi connectivity index (χ1) is 8.58. The van der Waals surface area contributed by atoms with Crippen molar-refractivity contribution in [2.45, 2.75) is 51.5 Å². The van der Waals surface area contributed by atoms with Crippen molar-refractivity contribution in [1.82, 2.24) is 9.97 Å². The van der Waals surface area contributed by atoms with E-state index in [2.05, 4.69) is 52.0 Å². The second-order valence-electron chi connectivity index (χ2n) is 4.34. The molecule has 0 bridgehead atoms. The standard InChI is InChI=1S/C13H22BrN3S/c1-5-7-15-13-12(14)10(4)16-11(17-13)8-18-9(3)6-2/h9H,5-8H2,1-4H3,(H,15,16,17). The molecule has 3 nitrogen and oxygen atoms in total.